The third-order valence-corrected chi connectivity index (χ3v) is 12.2. The lowest BCUT2D eigenvalue weighted by Crippen LogP contribution is -2.16. The molecule has 2 nitrogen and oxygen atoms in total. The maximum absolute atomic E-state index is 6.74. The molecular formula is C57H41NO. The Morgan fingerprint density at radius 1 is 0.339 bits per heavy atom. The summed E-state index contributed by atoms with van der Waals surface area (Å²) in [6.45, 7) is 4.74. The van der Waals surface area contributed by atoms with Crippen LogP contribution in [-0.4, -0.2) is 0 Å². The summed E-state index contributed by atoms with van der Waals surface area (Å²) in [5, 5.41) is 2.21. The van der Waals surface area contributed by atoms with E-state index in [1.54, 1.807) is 0 Å². The minimum atomic E-state index is -0.181. The highest BCUT2D eigenvalue weighted by Crippen LogP contribution is 2.54. The highest BCUT2D eigenvalue weighted by Gasteiger charge is 2.38. The van der Waals surface area contributed by atoms with Gasteiger partial charge in [-0.25, -0.2) is 0 Å². The van der Waals surface area contributed by atoms with Crippen LogP contribution in [0.2, 0.25) is 0 Å². The van der Waals surface area contributed by atoms with Gasteiger partial charge in [0.1, 0.15) is 11.2 Å². The van der Waals surface area contributed by atoms with E-state index < -0.39 is 0 Å². The minimum Gasteiger partial charge on any atom is -0.456 e. The van der Waals surface area contributed by atoms with Crippen LogP contribution in [0.4, 0.5) is 17.1 Å². The summed E-state index contributed by atoms with van der Waals surface area (Å²) >= 11 is 0. The molecule has 0 bridgehead atoms. The molecule has 0 spiro atoms. The van der Waals surface area contributed by atoms with Crippen molar-refractivity contribution in [2.24, 2.45) is 0 Å². The van der Waals surface area contributed by atoms with E-state index in [4.69, 9.17) is 4.42 Å². The molecular weight excluding hydrogens is 715 g/mol. The molecule has 2 heteroatoms. The Balaban J connectivity index is 1.13. The molecule has 0 saturated heterocycles. The van der Waals surface area contributed by atoms with Gasteiger partial charge >= 0.3 is 0 Å². The molecule has 9 aromatic carbocycles. The molecule has 0 amide bonds. The van der Waals surface area contributed by atoms with E-state index in [0.29, 0.717) is 0 Å². The summed E-state index contributed by atoms with van der Waals surface area (Å²) < 4.78 is 6.74. The zero-order valence-electron chi connectivity index (χ0n) is 33.1. The first-order chi connectivity index (χ1) is 29.0. The van der Waals surface area contributed by atoms with Crippen LogP contribution < -0.4 is 4.90 Å². The fraction of sp³-hybridized carbons (Fsp3) is 0.0526. The van der Waals surface area contributed by atoms with E-state index in [1.165, 1.54) is 50.1 Å². The van der Waals surface area contributed by atoms with E-state index in [-0.39, 0.29) is 5.41 Å². The van der Waals surface area contributed by atoms with Crippen molar-refractivity contribution in [1.82, 2.24) is 0 Å². The molecule has 59 heavy (non-hydrogen) atoms. The van der Waals surface area contributed by atoms with Crippen molar-refractivity contribution in [3.8, 4) is 55.6 Å². The summed E-state index contributed by atoms with van der Waals surface area (Å²) in [7, 11) is 0. The molecule has 0 fully saturated rings. The van der Waals surface area contributed by atoms with Crippen LogP contribution in [0.3, 0.4) is 0 Å². The predicted octanol–water partition coefficient (Wildman–Crippen LogP) is 16.0. The molecule has 0 unspecified atom stereocenters. The molecule has 1 aromatic heterocycles. The van der Waals surface area contributed by atoms with Gasteiger partial charge in [0.05, 0.1) is 0 Å². The average Bonchev–Trinajstić information content (AvgIpc) is 3.78. The van der Waals surface area contributed by atoms with Gasteiger partial charge in [0, 0.05) is 39.3 Å². The number of hydrogen-bond donors (Lipinski definition) is 0. The van der Waals surface area contributed by atoms with E-state index in [1.807, 2.05) is 0 Å². The van der Waals surface area contributed by atoms with Crippen molar-refractivity contribution >= 4 is 39.0 Å². The fourth-order valence-electron chi connectivity index (χ4n) is 9.38. The topological polar surface area (TPSA) is 16.4 Å². The van der Waals surface area contributed by atoms with Gasteiger partial charge < -0.3 is 9.32 Å². The van der Waals surface area contributed by atoms with Crippen LogP contribution in [0, 0.1) is 0 Å². The maximum Gasteiger partial charge on any atom is 0.137 e. The van der Waals surface area contributed by atoms with Gasteiger partial charge in [0.2, 0.25) is 0 Å². The molecule has 0 N–H and O–H groups in total. The van der Waals surface area contributed by atoms with Crippen LogP contribution in [0.1, 0.15) is 25.0 Å². The summed E-state index contributed by atoms with van der Waals surface area (Å²) in [6.07, 6.45) is 0. The Bertz CT molecular complexity index is 3100. The lowest BCUT2D eigenvalue weighted by molar-refractivity contribution is 0.662. The van der Waals surface area contributed by atoms with Crippen molar-refractivity contribution in [1.29, 1.82) is 0 Å². The normalized spacial score (nSPS) is 12.7. The molecule has 11 rings (SSSR count). The quantitative estimate of drug-likeness (QED) is 0.161. The van der Waals surface area contributed by atoms with Crippen molar-refractivity contribution in [2.45, 2.75) is 19.3 Å². The molecule has 0 radical (unpaired) electrons. The highest BCUT2D eigenvalue weighted by atomic mass is 16.3. The van der Waals surface area contributed by atoms with Crippen molar-refractivity contribution in [3.05, 3.63) is 223 Å². The highest BCUT2D eigenvalue weighted by molar-refractivity contribution is 6.07. The smallest absolute Gasteiger partial charge is 0.137 e. The van der Waals surface area contributed by atoms with Gasteiger partial charge in [-0.3, -0.25) is 0 Å². The van der Waals surface area contributed by atoms with E-state index >= 15 is 0 Å². The molecule has 280 valence electrons. The van der Waals surface area contributed by atoms with Crippen LogP contribution in [-0.2, 0) is 5.41 Å². The standard InChI is InChI=1S/C57H41NO/c1-57(2)53-31-28-45(36-52(53)51-25-15-24-48(56(51)57)41-22-13-6-14-23-41)58(47-33-43(39-18-9-4-10-19-39)32-44(34-47)40-20-11-5-12-21-40)46-27-30-50-49-29-26-42(38-16-7-3-8-17-38)35-54(49)59-55(50)37-46/h3-37H,1-2H3. The summed E-state index contributed by atoms with van der Waals surface area (Å²) in [6, 6.07) is 76.8. The summed E-state index contributed by atoms with van der Waals surface area (Å²) in [4.78, 5) is 2.41. The predicted molar refractivity (Wildman–Crippen MR) is 248 cm³/mol. The fourth-order valence-corrected chi connectivity index (χ4v) is 9.38. The van der Waals surface area contributed by atoms with Gasteiger partial charge in [-0.1, -0.05) is 166 Å². The number of nitrogens with zero attached hydrogens (tertiary/aromatic N) is 1. The number of fused-ring (bicyclic) bond motifs is 6. The zero-order valence-corrected chi connectivity index (χ0v) is 33.1. The van der Waals surface area contributed by atoms with Crippen LogP contribution in [0.15, 0.2) is 217 Å². The summed E-state index contributed by atoms with van der Waals surface area (Å²) in [5.74, 6) is 0. The van der Waals surface area contributed by atoms with Gasteiger partial charge in [-0.05, 0) is 121 Å². The Kier molecular flexibility index (Phi) is 8.20. The monoisotopic (exact) mass is 755 g/mol. The SMILES string of the molecule is CC1(C)c2ccc(N(c3cc(-c4ccccc4)cc(-c4ccccc4)c3)c3ccc4c(c3)oc3cc(-c5ccccc5)ccc34)cc2-c2cccc(-c3ccccc3)c21. The Hall–Kier alpha value is -7.42. The molecule has 1 heterocycles. The van der Waals surface area contributed by atoms with Crippen molar-refractivity contribution < 1.29 is 4.42 Å². The molecule has 0 atom stereocenters. The Labute approximate surface area is 345 Å². The first kappa shape index (κ1) is 34.8. The zero-order chi connectivity index (χ0) is 39.5. The third kappa shape index (κ3) is 5.96. The first-order valence-corrected chi connectivity index (χ1v) is 20.4. The van der Waals surface area contributed by atoms with E-state index in [2.05, 4.69) is 231 Å². The second kappa shape index (κ2) is 13.9. The number of benzene rings is 9. The molecule has 0 saturated carbocycles. The number of anilines is 3. The maximum atomic E-state index is 6.74. The van der Waals surface area contributed by atoms with Gasteiger partial charge in [-0.2, -0.15) is 0 Å². The number of hydrogen-bond acceptors (Lipinski definition) is 2. The molecule has 10 aromatic rings. The van der Waals surface area contributed by atoms with Crippen LogP contribution >= 0.6 is 0 Å². The van der Waals surface area contributed by atoms with Crippen LogP contribution in [0.5, 0.6) is 0 Å². The van der Waals surface area contributed by atoms with Gasteiger partial charge in [-0.15, -0.1) is 0 Å². The Morgan fingerprint density at radius 3 is 1.47 bits per heavy atom. The lowest BCUT2D eigenvalue weighted by atomic mass is 9.79. The molecule has 1 aliphatic carbocycles. The lowest BCUT2D eigenvalue weighted by Gasteiger charge is -2.28. The second-order valence-corrected chi connectivity index (χ2v) is 16.1. The minimum absolute atomic E-state index is 0.181. The van der Waals surface area contributed by atoms with Gasteiger partial charge in [0.15, 0.2) is 0 Å². The van der Waals surface area contributed by atoms with Crippen molar-refractivity contribution in [2.75, 3.05) is 4.90 Å². The number of rotatable bonds is 7. The number of furan rings is 1. The van der Waals surface area contributed by atoms with E-state index in [0.717, 1.165) is 55.7 Å². The van der Waals surface area contributed by atoms with Crippen LogP contribution in [0.25, 0.3) is 77.6 Å². The second-order valence-electron chi connectivity index (χ2n) is 16.1. The summed E-state index contributed by atoms with van der Waals surface area (Å²) in [5.41, 5.74) is 19.5. The van der Waals surface area contributed by atoms with E-state index in [9.17, 15) is 0 Å². The molecule has 1 aliphatic rings. The third-order valence-electron chi connectivity index (χ3n) is 12.2. The Morgan fingerprint density at radius 2 is 0.847 bits per heavy atom. The van der Waals surface area contributed by atoms with Crippen molar-refractivity contribution in [3.63, 3.8) is 0 Å². The van der Waals surface area contributed by atoms with Gasteiger partial charge in [0.25, 0.3) is 0 Å². The average molecular weight is 756 g/mol. The largest absolute Gasteiger partial charge is 0.456 e. The first-order valence-electron chi connectivity index (χ1n) is 20.4. The molecule has 0 aliphatic heterocycles.